The van der Waals surface area contributed by atoms with Gasteiger partial charge in [0.1, 0.15) is 0 Å². The molecule has 0 nitrogen and oxygen atoms in total. The van der Waals surface area contributed by atoms with Gasteiger partial charge in [-0.15, -0.1) is 0 Å². The van der Waals surface area contributed by atoms with Crippen molar-refractivity contribution in [2.45, 2.75) is 46.5 Å². The lowest BCUT2D eigenvalue weighted by atomic mass is 9.81. The van der Waals surface area contributed by atoms with Crippen molar-refractivity contribution in [1.29, 1.82) is 0 Å². The lowest BCUT2D eigenvalue weighted by molar-refractivity contribution is 0.319. The van der Waals surface area contributed by atoms with Crippen LogP contribution in [0.1, 0.15) is 46.5 Å². The monoisotopic (exact) mass is 152 g/mol. The van der Waals surface area contributed by atoms with Gasteiger partial charge >= 0.3 is 0 Å². The molecule has 0 saturated carbocycles. The molecule has 64 valence electrons. The Hall–Kier alpha value is -0.260. The van der Waals surface area contributed by atoms with Gasteiger partial charge in [-0.2, -0.15) is 0 Å². The zero-order valence-electron chi connectivity index (χ0n) is 8.06. The van der Waals surface area contributed by atoms with Crippen molar-refractivity contribution in [1.82, 2.24) is 0 Å². The lowest BCUT2D eigenvalue weighted by Gasteiger charge is -2.25. The van der Waals surface area contributed by atoms with E-state index in [4.69, 9.17) is 0 Å². The molecule has 0 aromatic rings. The van der Waals surface area contributed by atoms with Gasteiger partial charge in [0.25, 0.3) is 0 Å². The second-order valence-corrected chi connectivity index (χ2v) is 3.97. The Bertz CT molecular complexity index is 144. The number of hydrogen-bond acceptors (Lipinski definition) is 0. The molecule has 0 heterocycles. The van der Waals surface area contributed by atoms with Crippen LogP contribution in [0.25, 0.3) is 0 Å². The van der Waals surface area contributed by atoms with E-state index in [-0.39, 0.29) is 0 Å². The summed E-state index contributed by atoms with van der Waals surface area (Å²) in [6.45, 7) is 6.95. The van der Waals surface area contributed by atoms with Gasteiger partial charge in [-0.1, -0.05) is 31.9 Å². The number of hydrogen-bond donors (Lipinski definition) is 0. The fraction of sp³-hybridized carbons (Fsp3) is 0.818. The quantitative estimate of drug-likeness (QED) is 0.528. The van der Waals surface area contributed by atoms with E-state index < -0.39 is 0 Å². The minimum atomic E-state index is 0.930. The van der Waals surface area contributed by atoms with Crippen LogP contribution < -0.4 is 0 Å². The van der Waals surface area contributed by atoms with Crippen LogP contribution in [-0.4, -0.2) is 0 Å². The summed E-state index contributed by atoms with van der Waals surface area (Å²) in [5.41, 5.74) is 1.60. The van der Waals surface area contributed by atoms with Crippen molar-refractivity contribution in [3.8, 4) is 0 Å². The topological polar surface area (TPSA) is 0 Å². The average Bonchev–Trinajstić information content (AvgIpc) is 2.05. The molecule has 0 saturated heterocycles. The van der Waals surface area contributed by atoms with Crippen LogP contribution >= 0.6 is 0 Å². The summed E-state index contributed by atoms with van der Waals surface area (Å²) in [6, 6.07) is 0. The predicted octanol–water partition coefficient (Wildman–Crippen LogP) is 3.78. The Balaban J connectivity index is 2.40. The molecule has 0 aromatic heterocycles. The molecular weight excluding hydrogens is 132 g/mol. The third-order valence-electron chi connectivity index (χ3n) is 3.13. The van der Waals surface area contributed by atoms with Crippen LogP contribution in [-0.2, 0) is 0 Å². The molecule has 0 spiro atoms. The van der Waals surface area contributed by atoms with Crippen LogP contribution in [0, 0.1) is 11.8 Å². The first-order valence-electron chi connectivity index (χ1n) is 4.89. The van der Waals surface area contributed by atoms with Gasteiger partial charge < -0.3 is 0 Å². The molecular formula is C11H20. The van der Waals surface area contributed by atoms with Crippen molar-refractivity contribution >= 4 is 0 Å². The Kier molecular flexibility index (Phi) is 3.16. The Labute approximate surface area is 70.7 Å². The third-order valence-corrected chi connectivity index (χ3v) is 3.13. The van der Waals surface area contributed by atoms with Gasteiger partial charge in [-0.3, -0.25) is 0 Å². The summed E-state index contributed by atoms with van der Waals surface area (Å²) in [7, 11) is 0. The molecule has 11 heavy (non-hydrogen) atoms. The molecule has 0 fully saturated rings. The highest BCUT2D eigenvalue weighted by Crippen LogP contribution is 2.30. The SMILES string of the molecule is CC[C@H](C)C1CC=C(C)CC1. The molecule has 0 aliphatic heterocycles. The lowest BCUT2D eigenvalue weighted by Crippen LogP contribution is -2.13. The largest absolute Gasteiger partial charge is 0.0853 e. The summed E-state index contributed by atoms with van der Waals surface area (Å²) < 4.78 is 0. The van der Waals surface area contributed by atoms with Gasteiger partial charge in [0.05, 0.1) is 0 Å². The summed E-state index contributed by atoms with van der Waals surface area (Å²) in [5.74, 6) is 1.91. The summed E-state index contributed by atoms with van der Waals surface area (Å²) in [5, 5.41) is 0. The molecule has 2 atom stereocenters. The van der Waals surface area contributed by atoms with Gasteiger partial charge in [0, 0.05) is 0 Å². The van der Waals surface area contributed by atoms with Gasteiger partial charge in [-0.05, 0) is 38.0 Å². The Morgan fingerprint density at radius 2 is 2.36 bits per heavy atom. The summed E-state index contributed by atoms with van der Waals surface area (Å²) in [6.07, 6.45) is 7.88. The second-order valence-electron chi connectivity index (χ2n) is 3.97. The van der Waals surface area contributed by atoms with Crippen molar-refractivity contribution in [2.24, 2.45) is 11.8 Å². The Morgan fingerprint density at radius 1 is 1.64 bits per heavy atom. The highest BCUT2D eigenvalue weighted by molar-refractivity contribution is 5.03. The first-order chi connectivity index (χ1) is 5.24. The van der Waals surface area contributed by atoms with E-state index in [9.17, 15) is 0 Å². The normalized spacial score (nSPS) is 27.9. The third kappa shape index (κ3) is 2.36. The molecule has 0 amide bonds. The maximum absolute atomic E-state index is 2.43. The van der Waals surface area contributed by atoms with Crippen molar-refractivity contribution < 1.29 is 0 Å². The standard InChI is InChI=1S/C11H20/c1-4-10(3)11-7-5-9(2)6-8-11/h5,10-11H,4,6-8H2,1-3H3/t10-,11?/m0/s1. The minimum absolute atomic E-state index is 0.930. The summed E-state index contributed by atoms with van der Waals surface area (Å²) >= 11 is 0. The number of rotatable bonds is 2. The first-order valence-corrected chi connectivity index (χ1v) is 4.89. The van der Waals surface area contributed by atoms with E-state index in [0.29, 0.717) is 0 Å². The maximum Gasteiger partial charge on any atom is -0.0317 e. The number of allylic oxidation sites excluding steroid dienone is 2. The fourth-order valence-corrected chi connectivity index (χ4v) is 1.84. The van der Waals surface area contributed by atoms with E-state index in [1.165, 1.54) is 25.7 Å². The second kappa shape index (κ2) is 3.94. The highest BCUT2D eigenvalue weighted by atomic mass is 14.2. The molecule has 1 aliphatic carbocycles. The van der Waals surface area contributed by atoms with Crippen molar-refractivity contribution in [3.63, 3.8) is 0 Å². The van der Waals surface area contributed by atoms with E-state index >= 15 is 0 Å². The van der Waals surface area contributed by atoms with Gasteiger partial charge in [0.15, 0.2) is 0 Å². The van der Waals surface area contributed by atoms with Gasteiger partial charge in [0.2, 0.25) is 0 Å². The summed E-state index contributed by atoms with van der Waals surface area (Å²) in [4.78, 5) is 0. The van der Waals surface area contributed by atoms with E-state index in [2.05, 4.69) is 26.8 Å². The smallest absolute Gasteiger partial charge is 0.0317 e. The van der Waals surface area contributed by atoms with E-state index in [1.807, 2.05) is 0 Å². The molecule has 1 rings (SSSR count). The fourth-order valence-electron chi connectivity index (χ4n) is 1.84. The first kappa shape index (κ1) is 8.83. The van der Waals surface area contributed by atoms with Gasteiger partial charge in [-0.25, -0.2) is 0 Å². The van der Waals surface area contributed by atoms with Crippen molar-refractivity contribution in [2.75, 3.05) is 0 Å². The molecule has 0 heteroatoms. The van der Waals surface area contributed by atoms with E-state index in [0.717, 1.165) is 11.8 Å². The predicted molar refractivity (Wildman–Crippen MR) is 50.6 cm³/mol. The molecule has 1 unspecified atom stereocenters. The highest BCUT2D eigenvalue weighted by Gasteiger charge is 2.17. The van der Waals surface area contributed by atoms with E-state index in [1.54, 1.807) is 5.57 Å². The molecule has 1 aliphatic rings. The zero-order chi connectivity index (χ0) is 8.27. The Morgan fingerprint density at radius 3 is 2.82 bits per heavy atom. The van der Waals surface area contributed by atoms with Crippen LogP contribution in [0.3, 0.4) is 0 Å². The van der Waals surface area contributed by atoms with Crippen LogP contribution in [0.15, 0.2) is 11.6 Å². The molecule has 0 radical (unpaired) electrons. The van der Waals surface area contributed by atoms with Crippen LogP contribution in [0.4, 0.5) is 0 Å². The van der Waals surface area contributed by atoms with Crippen LogP contribution in [0.5, 0.6) is 0 Å². The zero-order valence-corrected chi connectivity index (χ0v) is 8.06. The average molecular weight is 152 g/mol. The molecule has 0 bridgehead atoms. The maximum atomic E-state index is 2.43. The molecule has 0 N–H and O–H groups in total. The minimum Gasteiger partial charge on any atom is -0.0853 e. The molecule has 0 aromatic carbocycles. The van der Waals surface area contributed by atoms with Crippen molar-refractivity contribution in [3.05, 3.63) is 11.6 Å². The van der Waals surface area contributed by atoms with Crippen LogP contribution in [0.2, 0.25) is 0 Å².